The van der Waals surface area contributed by atoms with Gasteiger partial charge in [0.15, 0.2) is 11.9 Å². The maximum atomic E-state index is 13.5. The number of rotatable bonds is 6. The molecule has 1 fully saturated rings. The van der Waals surface area contributed by atoms with Crippen LogP contribution in [0.4, 0.5) is 5.69 Å². The number of nitrogens with zero attached hydrogens (tertiary/aromatic N) is 6. The van der Waals surface area contributed by atoms with Crippen molar-refractivity contribution < 1.29 is 14.5 Å². The van der Waals surface area contributed by atoms with Gasteiger partial charge in [-0.05, 0) is 36.5 Å². The molecule has 37 heavy (non-hydrogen) atoms. The average molecular weight is 498 g/mol. The lowest BCUT2D eigenvalue weighted by Crippen LogP contribution is -2.35. The monoisotopic (exact) mass is 498 g/mol. The highest BCUT2D eigenvalue weighted by atomic mass is 16.6. The van der Waals surface area contributed by atoms with Crippen LogP contribution in [0.3, 0.4) is 0 Å². The molecule has 0 amide bonds. The van der Waals surface area contributed by atoms with Gasteiger partial charge in [0.05, 0.1) is 34.5 Å². The topological polar surface area (TPSA) is 135 Å². The number of nitro groups is 1. The van der Waals surface area contributed by atoms with E-state index in [-0.39, 0.29) is 29.4 Å². The maximum Gasteiger partial charge on any atom is 0.346 e. The van der Waals surface area contributed by atoms with Crippen molar-refractivity contribution in [1.29, 1.82) is 0 Å². The van der Waals surface area contributed by atoms with E-state index in [0.717, 1.165) is 12.8 Å². The molecule has 0 unspecified atom stereocenters. The van der Waals surface area contributed by atoms with Gasteiger partial charge in [-0.25, -0.2) is 14.3 Å². The third-order valence-corrected chi connectivity index (χ3v) is 7.11. The minimum absolute atomic E-state index is 0.0515. The lowest BCUT2D eigenvalue weighted by molar-refractivity contribution is -0.384. The van der Waals surface area contributed by atoms with Gasteiger partial charge in [0.1, 0.15) is 0 Å². The van der Waals surface area contributed by atoms with Crippen molar-refractivity contribution in [3.63, 3.8) is 0 Å². The summed E-state index contributed by atoms with van der Waals surface area (Å²) >= 11 is 0. The fraction of sp³-hybridized carbons (Fsp3) is 0.269. The number of hydrogen-bond donors (Lipinski definition) is 0. The first-order valence-electron chi connectivity index (χ1n) is 12.0. The minimum atomic E-state index is -0.784. The van der Waals surface area contributed by atoms with Crippen LogP contribution in [-0.2, 0) is 4.74 Å². The molecule has 0 N–H and O–H groups in total. The van der Waals surface area contributed by atoms with E-state index in [1.807, 2.05) is 18.2 Å². The van der Waals surface area contributed by atoms with E-state index in [4.69, 9.17) is 4.74 Å². The Labute approximate surface area is 210 Å². The number of non-ortho nitro benzene ring substituents is 1. The molecule has 186 valence electrons. The smallest absolute Gasteiger partial charge is 0.346 e. The number of hydrogen-bond acceptors (Lipinski definition) is 8. The Bertz CT molecular complexity index is 1510. The van der Waals surface area contributed by atoms with Crippen molar-refractivity contribution in [2.75, 3.05) is 0 Å². The van der Waals surface area contributed by atoms with Crippen LogP contribution < -0.4 is 5.69 Å². The maximum absolute atomic E-state index is 13.5. The zero-order valence-corrected chi connectivity index (χ0v) is 19.6. The Morgan fingerprint density at radius 2 is 1.78 bits per heavy atom. The summed E-state index contributed by atoms with van der Waals surface area (Å²) in [5.41, 5.74) is 1.60. The van der Waals surface area contributed by atoms with Gasteiger partial charge < -0.3 is 4.74 Å². The van der Waals surface area contributed by atoms with Crippen LogP contribution in [0.2, 0.25) is 0 Å². The van der Waals surface area contributed by atoms with Crippen molar-refractivity contribution in [3.05, 3.63) is 116 Å². The Morgan fingerprint density at radius 1 is 1.03 bits per heavy atom. The second-order valence-electron chi connectivity index (χ2n) is 9.27. The molecule has 0 saturated heterocycles. The number of carbonyl (C=O) groups excluding carboxylic acids is 1. The Hall–Kier alpha value is -4.67. The van der Waals surface area contributed by atoms with Gasteiger partial charge in [-0.1, -0.05) is 30.3 Å². The molecule has 2 aromatic carbocycles. The molecule has 1 saturated carbocycles. The number of fused-ring (bicyclic) bond motifs is 1. The summed E-state index contributed by atoms with van der Waals surface area (Å²) in [6, 6.07) is 14.8. The van der Waals surface area contributed by atoms with Crippen LogP contribution in [-0.4, -0.2) is 35.2 Å². The Balaban J connectivity index is 1.28. The van der Waals surface area contributed by atoms with E-state index in [0.29, 0.717) is 17.4 Å². The average Bonchev–Trinajstić information content (AvgIpc) is 3.42. The van der Waals surface area contributed by atoms with Gasteiger partial charge in [-0.2, -0.15) is 5.10 Å². The third-order valence-electron chi connectivity index (χ3n) is 7.11. The second-order valence-corrected chi connectivity index (χ2v) is 9.27. The van der Waals surface area contributed by atoms with Crippen molar-refractivity contribution in [3.8, 4) is 0 Å². The van der Waals surface area contributed by atoms with Gasteiger partial charge in [-0.15, -0.1) is 0 Å². The fourth-order valence-electron chi connectivity index (χ4n) is 5.11. The van der Waals surface area contributed by atoms with Crippen LogP contribution in [0.1, 0.15) is 70.8 Å². The highest BCUT2D eigenvalue weighted by Gasteiger charge is 2.42. The van der Waals surface area contributed by atoms with E-state index in [9.17, 15) is 19.7 Å². The summed E-state index contributed by atoms with van der Waals surface area (Å²) in [7, 11) is 0. The predicted molar refractivity (Wildman–Crippen MR) is 130 cm³/mol. The van der Waals surface area contributed by atoms with Gasteiger partial charge in [0.25, 0.3) is 5.69 Å². The SMILES string of the molecule is O=C(O[C@H]1C[C@@H](c2cnccn2)n2c1nn(C1CC(c3ccccc3)C1)c2=O)c1ccc([N+](=O)[O-])cc1. The standard InChI is InChI=1S/C26H22N6O5/c33-25(17-6-8-19(9-7-17)32(35)36)37-23-14-22(21-15-27-10-11-28-21)30-24(23)29-31(26(30)34)20-12-18(13-20)16-4-2-1-3-5-16/h1-11,15,18,20,22-23H,12-14H2/t18?,20?,22-,23-/m0/s1. The zero-order chi connectivity index (χ0) is 25.5. The number of benzene rings is 2. The second kappa shape index (κ2) is 9.08. The highest BCUT2D eigenvalue weighted by Crippen LogP contribution is 2.45. The van der Waals surface area contributed by atoms with E-state index < -0.39 is 23.0 Å². The van der Waals surface area contributed by atoms with E-state index in [2.05, 4.69) is 27.2 Å². The number of nitro benzene ring substituents is 1. The van der Waals surface area contributed by atoms with Gasteiger partial charge >= 0.3 is 11.7 Å². The summed E-state index contributed by atoms with van der Waals surface area (Å²) in [6.07, 6.45) is 5.79. The molecule has 1 aliphatic heterocycles. The molecule has 0 radical (unpaired) electrons. The quantitative estimate of drug-likeness (QED) is 0.223. The molecule has 2 aromatic heterocycles. The van der Waals surface area contributed by atoms with Crippen LogP contribution in [0.25, 0.3) is 0 Å². The summed E-state index contributed by atoms with van der Waals surface area (Å²) in [4.78, 5) is 45.3. The first-order chi connectivity index (χ1) is 18.0. The summed E-state index contributed by atoms with van der Waals surface area (Å²) in [5, 5.41) is 15.6. The Morgan fingerprint density at radius 3 is 2.46 bits per heavy atom. The summed E-state index contributed by atoms with van der Waals surface area (Å²) in [6.45, 7) is 0. The molecule has 4 aromatic rings. The molecule has 2 aliphatic rings. The third kappa shape index (κ3) is 4.07. The van der Waals surface area contributed by atoms with Gasteiger partial charge in [-0.3, -0.25) is 24.6 Å². The Kier molecular flexibility index (Phi) is 5.59. The first-order valence-corrected chi connectivity index (χ1v) is 12.0. The predicted octanol–water partition coefficient (Wildman–Crippen LogP) is 3.75. The summed E-state index contributed by atoms with van der Waals surface area (Å²) < 4.78 is 8.83. The highest BCUT2D eigenvalue weighted by molar-refractivity contribution is 5.89. The number of aromatic nitrogens is 5. The molecule has 0 bridgehead atoms. The molecule has 0 spiro atoms. The minimum Gasteiger partial charge on any atom is -0.450 e. The number of esters is 1. The van der Waals surface area contributed by atoms with Crippen LogP contribution >= 0.6 is 0 Å². The normalized spacial score (nSPS) is 22.2. The van der Waals surface area contributed by atoms with Crippen molar-refractivity contribution in [1.82, 2.24) is 24.3 Å². The molecule has 3 heterocycles. The van der Waals surface area contributed by atoms with E-state index >= 15 is 0 Å². The largest absolute Gasteiger partial charge is 0.450 e. The van der Waals surface area contributed by atoms with E-state index in [1.54, 1.807) is 23.2 Å². The summed E-state index contributed by atoms with van der Waals surface area (Å²) in [5.74, 6) is 0.0706. The molecular formula is C26H22N6O5. The number of carbonyl (C=O) groups is 1. The molecule has 2 atom stereocenters. The molecule has 6 rings (SSSR count). The van der Waals surface area contributed by atoms with Crippen LogP contribution in [0.15, 0.2) is 78.0 Å². The first kappa shape index (κ1) is 22.8. The van der Waals surface area contributed by atoms with Gasteiger partial charge in [0.2, 0.25) is 0 Å². The van der Waals surface area contributed by atoms with Gasteiger partial charge in [0, 0.05) is 30.9 Å². The van der Waals surface area contributed by atoms with Crippen LogP contribution in [0, 0.1) is 10.1 Å². The fourth-order valence-corrected chi connectivity index (χ4v) is 5.11. The van der Waals surface area contributed by atoms with E-state index in [1.165, 1.54) is 34.5 Å². The zero-order valence-electron chi connectivity index (χ0n) is 19.6. The van der Waals surface area contributed by atoms with Crippen molar-refractivity contribution in [2.45, 2.75) is 43.4 Å². The molecule has 11 nitrogen and oxygen atoms in total. The van der Waals surface area contributed by atoms with Crippen molar-refractivity contribution >= 4 is 11.7 Å². The molecular weight excluding hydrogens is 476 g/mol. The van der Waals surface area contributed by atoms with Crippen molar-refractivity contribution in [2.24, 2.45) is 0 Å². The van der Waals surface area contributed by atoms with Crippen LogP contribution in [0.5, 0.6) is 0 Å². The molecule has 1 aliphatic carbocycles. The number of ether oxygens (including phenoxy) is 1. The lowest BCUT2D eigenvalue weighted by atomic mass is 9.76. The lowest BCUT2D eigenvalue weighted by Gasteiger charge is -2.35. The molecule has 11 heteroatoms.